The molecule has 0 spiro atoms. The van der Waals surface area contributed by atoms with Crippen molar-refractivity contribution in [2.45, 2.75) is 13.8 Å². The van der Waals surface area contributed by atoms with Crippen LogP contribution in [0.4, 0.5) is 0 Å². The smallest absolute Gasteiger partial charge is 0 e. The number of aryl methyl sites for hydroxylation is 2. The molecule has 0 N–H and O–H groups in total. The molecule has 0 atom stereocenters. The minimum atomic E-state index is 0. The number of fused-ring (bicyclic) bond motifs is 1. The van der Waals surface area contributed by atoms with Gasteiger partial charge < -0.3 is 0 Å². The zero-order valence-corrected chi connectivity index (χ0v) is 14.2. The molecular weight excluding hydrogens is 322 g/mol. The summed E-state index contributed by atoms with van der Waals surface area (Å²) in [5.41, 5.74) is 2.70. The molecule has 2 aromatic rings. The summed E-state index contributed by atoms with van der Waals surface area (Å²) in [5, 5.41) is 2.58. The fourth-order valence-electron chi connectivity index (χ4n) is 1.41. The fraction of sp³-hybridized carbons (Fsp3) is 0.167. The SMILES string of the molecule is Cc1cc2c[c-]ccc2cc1C.[Y].[Y]. The van der Waals surface area contributed by atoms with Crippen molar-refractivity contribution in [2.24, 2.45) is 0 Å². The molecule has 0 unspecified atom stereocenters. The van der Waals surface area contributed by atoms with E-state index in [4.69, 9.17) is 0 Å². The molecular formula is C12H11Y2-. The standard InChI is InChI=1S/C12H11.2Y/c1-9-7-11-5-3-4-6-12(11)8-10(9)2;;/h3,5-8H,1-2H3;;/q-1;;. The molecule has 0 saturated heterocycles. The van der Waals surface area contributed by atoms with Crippen molar-refractivity contribution in [3.05, 3.63) is 47.5 Å². The molecule has 0 amide bonds. The van der Waals surface area contributed by atoms with Crippen LogP contribution >= 0.6 is 0 Å². The Balaban J connectivity index is 0.000000845. The monoisotopic (exact) mass is 333 g/mol. The van der Waals surface area contributed by atoms with Crippen LogP contribution in [0.25, 0.3) is 10.8 Å². The predicted molar refractivity (Wildman–Crippen MR) is 52.3 cm³/mol. The average molecular weight is 333 g/mol. The third kappa shape index (κ3) is 3.20. The molecule has 0 saturated carbocycles. The van der Waals surface area contributed by atoms with Gasteiger partial charge in [0.25, 0.3) is 0 Å². The van der Waals surface area contributed by atoms with Crippen molar-refractivity contribution in [2.75, 3.05) is 0 Å². The van der Waals surface area contributed by atoms with E-state index >= 15 is 0 Å². The summed E-state index contributed by atoms with van der Waals surface area (Å²) in [7, 11) is 0. The van der Waals surface area contributed by atoms with Gasteiger partial charge in [-0.1, -0.05) is 17.2 Å². The first kappa shape index (κ1) is 14.9. The van der Waals surface area contributed by atoms with Crippen LogP contribution in [0.2, 0.25) is 0 Å². The number of benzene rings is 2. The Hall–Kier alpha value is 0.908. The molecule has 14 heavy (non-hydrogen) atoms. The second-order valence-corrected chi connectivity index (χ2v) is 3.21. The minimum Gasteiger partial charge on any atom is -0.183 e. The van der Waals surface area contributed by atoms with Gasteiger partial charge in [0.1, 0.15) is 0 Å². The van der Waals surface area contributed by atoms with Gasteiger partial charge in [-0.3, -0.25) is 0 Å². The summed E-state index contributed by atoms with van der Waals surface area (Å²) in [6.07, 6.45) is 0. The van der Waals surface area contributed by atoms with Gasteiger partial charge in [0.05, 0.1) is 0 Å². The van der Waals surface area contributed by atoms with E-state index in [1.165, 1.54) is 21.9 Å². The summed E-state index contributed by atoms with van der Waals surface area (Å²) in [4.78, 5) is 0. The third-order valence-electron chi connectivity index (χ3n) is 2.30. The second kappa shape index (κ2) is 6.48. The van der Waals surface area contributed by atoms with Gasteiger partial charge in [-0.15, -0.1) is 16.8 Å². The van der Waals surface area contributed by atoms with E-state index in [1.807, 2.05) is 12.1 Å². The Morgan fingerprint density at radius 1 is 0.929 bits per heavy atom. The second-order valence-electron chi connectivity index (χ2n) is 3.21. The molecule has 2 aromatic carbocycles. The first-order valence-corrected chi connectivity index (χ1v) is 4.14. The molecule has 0 bridgehead atoms. The van der Waals surface area contributed by atoms with E-state index in [0.29, 0.717) is 0 Å². The molecule has 0 heterocycles. The van der Waals surface area contributed by atoms with Gasteiger partial charge in [-0.05, 0) is 13.8 Å². The largest absolute Gasteiger partial charge is 0.183 e. The van der Waals surface area contributed by atoms with E-state index in [-0.39, 0.29) is 65.4 Å². The Morgan fingerprint density at radius 3 is 2.14 bits per heavy atom. The van der Waals surface area contributed by atoms with Gasteiger partial charge in [0, 0.05) is 65.4 Å². The maximum atomic E-state index is 3.08. The average Bonchev–Trinajstić information content (AvgIpc) is 2.07. The summed E-state index contributed by atoms with van der Waals surface area (Å²) in [6.45, 7) is 4.28. The van der Waals surface area contributed by atoms with Gasteiger partial charge in [-0.25, -0.2) is 0 Å². The van der Waals surface area contributed by atoms with Crippen molar-refractivity contribution >= 4 is 10.8 Å². The maximum absolute atomic E-state index is 3.08. The van der Waals surface area contributed by atoms with Gasteiger partial charge >= 0.3 is 0 Å². The van der Waals surface area contributed by atoms with Crippen LogP contribution in [0.3, 0.4) is 0 Å². The first-order chi connectivity index (χ1) is 5.77. The molecule has 0 aliphatic carbocycles. The molecule has 0 nitrogen and oxygen atoms in total. The fourth-order valence-corrected chi connectivity index (χ4v) is 1.41. The number of rotatable bonds is 0. The predicted octanol–water partition coefficient (Wildman–Crippen LogP) is 3.25. The molecule has 66 valence electrons. The Labute approximate surface area is 136 Å². The zero-order valence-electron chi connectivity index (χ0n) is 8.54. The summed E-state index contributed by atoms with van der Waals surface area (Å²) in [5.74, 6) is 0. The third-order valence-corrected chi connectivity index (χ3v) is 2.30. The van der Waals surface area contributed by atoms with Crippen LogP contribution in [0.15, 0.2) is 30.3 Å². The molecule has 0 fully saturated rings. The Bertz CT molecular complexity index is 381. The van der Waals surface area contributed by atoms with Crippen molar-refractivity contribution in [1.82, 2.24) is 0 Å². The maximum Gasteiger partial charge on any atom is 0 e. The van der Waals surface area contributed by atoms with E-state index in [1.54, 1.807) is 0 Å². The van der Waals surface area contributed by atoms with Crippen LogP contribution in [0, 0.1) is 19.9 Å². The van der Waals surface area contributed by atoms with Crippen LogP contribution in [0.5, 0.6) is 0 Å². The topological polar surface area (TPSA) is 0 Å². The van der Waals surface area contributed by atoms with Gasteiger partial charge in [0.2, 0.25) is 0 Å². The van der Waals surface area contributed by atoms with Crippen LogP contribution in [-0.2, 0) is 65.4 Å². The van der Waals surface area contributed by atoms with Crippen LogP contribution in [0.1, 0.15) is 11.1 Å². The minimum absolute atomic E-state index is 0. The molecule has 0 aliphatic rings. The molecule has 0 aliphatic heterocycles. The summed E-state index contributed by atoms with van der Waals surface area (Å²) in [6, 6.07) is 13.6. The quantitative estimate of drug-likeness (QED) is 0.650. The van der Waals surface area contributed by atoms with E-state index in [0.717, 1.165) is 0 Å². The van der Waals surface area contributed by atoms with Crippen LogP contribution < -0.4 is 0 Å². The normalized spacial score (nSPS) is 9.00. The Kier molecular flexibility index (Phi) is 6.90. The molecule has 2 heteroatoms. The molecule has 2 radical (unpaired) electrons. The number of hydrogen-bond donors (Lipinski definition) is 0. The number of hydrogen-bond acceptors (Lipinski definition) is 0. The summed E-state index contributed by atoms with van der Waals surface area (Å²) < 4.78 is 0. The zero-order chi connectivity index (χ0) is 8.55. The van der Waals surface area contributed by atoms with Crippen molar-refractivity contribution in [3.8, 4) is 0 Å². The van der Waals surface area contributed by atoms with Crippen molar-refractivity contribution in [1.29, 1.82) is 0 Å². The van der Waals surface area contributed by atoms with Gasteiger partial charge in [0.15, 0.2) is 0 Å². The Morgan fingerprint density at radius 2 is 1.50 bits per heavy atom. The van der Waals surface area contributed by atoms with E-state index in [2.05, 4.69) is 38.1 Å². The first-order valence-electron chi connectivity index (χ1n) is 4.14. The van der Waals surface area contributed by atoms with E-state index in [9.17, 15) is 0 Å². The van der Waals surface area contributed by atoms with Gasteiger partial charge in [-0.2, -0.15) is 24.3 Å². The van der Waals surface area contributed by atoms with E-state index < -0.39 is 0 Å². The van der Waals surface area contributed by atoms with Crippen molar-refractivity contribution < 1.29 is 65.4 Å². The van der Waals surface area contributed by atoms with Crippen LogP contribution in [-0.4, -0.2) is 0 Å². The molecule has 2 rings (SSSR count). The van der Waals surface area contributed by atoms with Crippen molar-refractivity contribution in [3.63, 3.8) is 0 Å². The summed E-state index contributed by atoms with van der Waals surface area (Å²) >= 11 is 0. The molecule has 0 aromatic heterocycles.